The Kier molecular flexibility index (Phi) is 5.26. The van der Waals surface area contributed by atoms with Gasteiger partial charge in [0, 0.05) is 13.0 Å². The van der Waals surface area contributed by atoms with E-state index in [9.17, 15) is 9.90 Å². The highest BCUT2D eigenvalue weighted by atomic mass is 16.3. The van der Waals surface area contributed by atoms with E-state index in [-0.39, 0.29) is 5.78 Å². The second kappa shape index (κ2) is 6.23. The molecule has 0 radical (unpaired) electrons. The fourth-order valence-corrected chi connectivity index (χ4v) is 2.12. The molecular weight excluding hydrogens is 190 g/mol. The molecule has 0 aromatic carbocycles. The Labute approximate surface area is 92.5 Å². The number of carbonyl (C=O) groups excluding carboxylic acids is 1. The lowest BCUT2D eigenvalue weighted by molar-refractivity contribution is -0.127. The van der Waals surface area contributed by atoms with Crippen LogP contribution in [-0.4, -0.2) is 41.5 Å². The summed E-state index contributed by atoms with van der Waals surface area (Å²) in [4.78, 5) is 13.8. The first-order valence-corrected chi connectivity index (χ1v) is 6.02. The third-order valence-corrected chi connectivity index (χ3v) is 2.84. The number of nitrogens with zero attached hydrogens (tertiary/aromatic N) is 1. The highest BCUT2D eigenvalue weighted by Gasteiger charge is 2.18. The van der Waals surface area contributed by atoms with E-state index in [1.54, 1.807) is 0 Å². The zero-order chi connectivity index (χ0) is 11.3. The van der Waals surface area contributed by atoms with E-state index in [2.05, 4.69) is 18.7 Å². The molecule has 1 unspecified atom stereocenters. The first-order valence-electron chi connectivity index (χ1n) is 6.02. The predicted octanol–water partition coefficient (Wildman–Crippen LogP) is 1.45. The minimum Gasteiger partial charge on any atom is -0.385 e. The van der Waals surface area contributed by atoms with Gasteiger partial charge in [-0.3, -0.25) is 4.79 Å². The number of hydrogen-bond acceptors (Lipinski definition) is 3. The van der Waals surface area contributed by atoms with Gasteiger partial charge in [0.05, 0.1) is 0 Å². The first kappa shape index (κ1) is 12.7. The van der Waals surface area contributed by atoms with Crippen LogP contribution in [0.1, 0.15) is 39.5 Å². The van der Waals surface area contributed by atoms with Crippen molar-refractivity contribution in [3.63, 3.8) is 0 Å². The van der Waals surface area contributed by atoms with Gasteiger partial charge in [0.15, 0.2) is 5.78 Å². The SMILES string of the molecule is CC(C)CN1CCCC(=O)C(O)CCC1. The molecule has 1 aliphatic rings. The molecule has 3 heteroatoms. The molecular formula is C12H23NO2. The molecule has 1 saturated heterocycles. The number of aliphatic hydroxyl groups is 1. The standard InChI is InChI=1S/C12H23NO2/c1-10(2)9-13-7-3-5-11(14)12(15)6-4-8-13/h10-11,14H,3-9H2,1-2H3. The van der Waals surface area contributed by atoms with Crippen molar-refractivity contribution in [2.45, 2.75) is 45.6 Å². The van der Waals surface area contributed by atoms with Crippen LogP contribution in [-0.2, 0) is 4.79 Å². The summed E-state index contributed by atoms with van der Waals surface area (Å²) in [7, 11) is 0. The highest BCUT2D eigenvalue weighted by molar-refractivity contribution is 5.82. The van der Waals surface area contributed by atoms with Crippen molar-refractivity contribution in [2.24, 2.45) is 5.92 Å². The number of Topliss-reactive ketones (excluding diaryl/α,β-unsaturated/α-hetero) is 1. The van der Waals surface area contributed by atoms with Crippen molar-refractivity contribution in [1.82, 2.24) is 4.90 Å². The summed E-state index contributed by atoms with van der Waals surface area (Å²) in [5.41, 5.74) is 0. The van der Waals surface area contributed by atoms with Crippen LogP contribution in [0.25, 0.3) is 0 Å². The van der Waals surface area contributed by atoms with Gasteiger partial charge in [-0.05, 0) is 38.3 Å². The lowest BCUT2D eigenvalue weighted by Gasteiger charge is -2.23. The van der Waals surface area contributed by atoms with E-state index in [0.717, 1.165) is 32.5 Å². The van der Waals surface area contributed by atoms with E-state index in [0.29, 0.717) is 18.8 Å². The lowest BCUT2D eigenvalue weighted by atomic mass is 10.1. The number of carbonyl (C=O) groups is 1. The van der Waals surface area contributed by atoms with Gasteiger partial charge in [-0.25, -0.2) is 0 Å². The summed E-state index contributed by atoms with van der Waals surface area (Å²) in [6.45, 7) is 7.54. The van der Waals surface area contributed by atoms with E-state index in [4.69, 9.17) is 0 Å². The Balaban J connectivity index is 2.41. The second-order valence-electron chi connectivity index (χ2n) is 4.92. The molecule has 15 heavy (non-hydrogen) atoms. The van der Waals surface area contributed by atoms with Gasteiger partial charge in [-0.1, -0.05) is 13.8 Å². The molecule has 88 valence electrons. The van der Waals surface area contributed by atoms with Gasteiger partial charge in [0.2, 0.25) is 0 Å². The van der Waals surface area contributed by atoms with Crippen LogP contribution in [0, 0.1) is 5.92 Å². The third kappa shape index (κ3) is 4.76. The maximum atomic E-state index is 11.4. The molecule has 1 atom stereocenters. The maximum absolute atomic E-state index is 11.4. The molecule has 0 bridgehead atoms. The lowest BCUT2D eigenvalue weighted by Crippen LogP contribution is -2.29. The van der Waals surface area contributed by atoms with E-state index < -0.39 is 6.10 Å². The molecule has 1 rings (SSSR count). The predicted molar refractivity (Wildman–Crippen MR) is 60.8 cm³/mol. The van der Waals surface area contributed by atoms with Gasteiger partial charge >= 0.3 is 0 Å². The van der Waals surface area contributed by atoms with E-state index in [1.807, 2.05) is 0 Å². The molecule has 0 spiro atoms. The molecule has 1 N–H and O–H groups in total. The number of hydrogen-bond donors (Lipinski definition) is 1. The van der Waals surface area contributed by atoms with Gasteiger partial charge in [-0.2, -0.15) is 0 Å². The molecule has 0 amide bonds. The summed E-state index contributed by atoms with van der Waals surface area (Å²) in [5, 5.41) is 9.51. The van der Waals surface area contributed by atoms with Crippen molar-refractivity contribution in [3.8, 4) is 0 Å². The van der Waals surface area contributed by atoms with E-state index >= 15 is 0 Å². The van der Waals surface area contributed by atoms with Crippen LogP contribution in [0.5, 0.6) is 0 Å². The monoisotopic (exact) mass is 213 g/mol. The van der Waals surface area contributed by atoms with Crippen LogP contribution in [0.3, 0.4) is 0 Å². The third-order valence-electron chi connectivity index (χ3n) is 2.84. The van der Waals surface area contributed by atoms with Gasteiger partial charge in [-0.15, -0.1) is 0 Å². The van der Waals surface area contributed by atoms with Crippen LogP contribution in [0.2, 0.25) is 0 Å². The fraction of sp³-hybridized carbons (Fsp3) is 0.917. The Morgan fingerprint density at radius 2 is 2.07 bits per heavy atom. The van der Waals surface area contributed by atoms with Gasteiger partial charge in [0.1, 0.15) is 6.10 Å². The Hall–Kier alpha value is -0.410. The number of rotatable bonds is 2. The summed E-state index contributed by atoms with van der Waals surface area (Å²) in [5.74, 6) is 0.702. The average molecular weight is 213 g/mol. The van der Waals surface area contributed by atoms with Crippen molar-refractivity contribution in [3.05, 3.63) is 0 Å². The molecule has 0 aliphatic carbocycles. The summed E-state index contributed by atoms with van der Waals surface area (Å²) < 4.78 is 0. The largest absolute Gasteiger partial charge is 0.385 e. The van der Waals surface area contributed by atoms with Crippen molar-refractivity contribution in [2.75, 3.05) is 19.6 Å². The summed E-state index contributed by atoms with van der Waals surface area (Å²) in [6.07, 6.45) is 2.29. The number of ketones is 1. The first-order chi connectivity index (χ1) is 7.09. The van der Waals surface area contributed by atoms with Crippen LogP contribution in [0.4, 0.5) is 0 Å². The minimum atomic E-state index is -0.705. The minimum absolute atomic E-state index is 0.0291. The average Bonchev–Trinajstić information content (AvgIpc) is 2.21. The second-order valence-corrected chi connectivity index (χ2v) is 4.92. The smallest absolute Gasteiger partial charge is 0.161 e. The molecule has 3 nitrogen and oxygen atoms in total. The van der Waals surface area contributed by atoms with Gasteiger partial charge in [0.25, 0.3) is 0 Å². The molecule has 1 aliphatic heterocycles. The molecule has 0 saturated carbocycles. The summed E-state index contributed by atoms with van der Waals surface area (Å²) in [6, 6.07) is 0. The Morgan fingerprint density at radius 1 is 1.40 bits per heavy atom. The highest BCUT2D eigenvalue weighted by Crippen LogP contribution is 2.10. The van der Waals surface area contributed by atoms with Gasteiger partial charge < -0.3 is 10.0 Å². The number of aliphatic hydroxyl groups excluding tert-OH is 1. The van der Waals surface area contributed by atoms with Crippen molar-refractivity contribution >= 4 is 5.78 Å². The van der Waals surface area contributed by atoms with E-state index in [1.165, 1.54) is 0 Å². The molecule has 0 aromatic heterocycles. The van der Waals surface area contributed by atoms with Crippen LogP contribution >= 0.6 is 0 Å². The molecule has 1 heterocycles. The zero-order valence-corrected chi connectivity index (χ0v) is 9.91. The quantitative estimate of drug-likeness (QED) is 0.754. The fourth-order valence-electron chi connectivity index (χ4n) is 2.12. The normalized spacial score (nSPS) is 26.1. The van der Waals surface area contributed by atoms with Crippen LogP contribution < -0.4 is 0 Å². The molecule has 1 fully saturated rings. The molecule has 0 aromatic rings. The van der Waals surface area contributed by atoms with Crippen LogP contribution in [0.15, 0.2) is 0 Å². The topological polar surface area (TPSA) is 40.5 Å². The Morgan fingerprint density at radius 3 is 2.73 bits per heavy atom. The van der Waals surface area contributed by atoms with Crippen molar-refractivity contribution in [1.29, 1.82) is 0 Å². The van der Waals surface area contributed by atoms with Crippen molar-refractivity contribution < 1.29 is 9.90 Å². The summed E-state index contributed by atoms with van der Waals surface area (Å²) >= 11 is 0. The Bertz CT molecular complexity index is 204. The zero-order valence-electron chi connectivity index (χ0n) is 9.91. The maximum Gasteiger partial charge on any atom is 0.161 e.